The van der Waals surface area contributed by atoms with Gasteiger partial charge in [-0.1, -0.05) is 28.1 Å². The van der Waals surface area contributed by atoms with Crippen molar-refractivity contribution in [3.05, 3.63) is 34.3 Å². The average Bonchev–Trinajstić information content (AvgIpc) is 2.19. The largest absolute Gasteiger partial charge is 0.314 e. The van der Waals surface area contributed by atoms with Gasteiger partial charge in [0.2, 0.25) is 0 Å². The maximum absolute atomic E-state index is 3.50. The molecule has 0 saturated carbocycles. The van der Waals surface area contributed by atoms with Crippen LogP contribution in [0.2, 0.25) is 0 Å². The van der Waals surface area contributed by atoms with Crippen LogP contribution in [-0.4, -0.2) is 18.8 Å². The zero-order valence-electron chi connectivity index (χ0n) is 7.29. The molecule has 0 aliphatic carbocycles. The lowest BCUT2D eigenvalue weighted by atomic mass is 10.1. The topological polar surface area (TPSA) is 12.0 Å². The van der Waals surface area contributed by atoms with Gasteiger partial charge in [-0.2, -0.15) is 11.8 Å². The molecule has 0 radical (unpaired) electrons. The number of halogens is 1. The van der Waals surface area contributed by atoms with Crippen LogP contribution >= 0.6 is 27.7 Å². The molecule has 2 rings (SSSR count). The fourth-order valence-electron chi connectivity index (χ4n) is 1.49. The number of hydrogen-bond donors (Lipinski definition) is 1. The van der Waals surface area contributed by atoms with E-state index in [2.05, 4.69) is 45.5 Å². The lowest BCUT2D eigenvalue weighted by molar-refractivity contribution is 0.689. The molecule has 13 heavy (non-hydrogen) atoms. The Hall–Kier alpha value is 0.01000. The van der Waals surface area contributed by atoms with Gasteiger partial charge >= 0.3 is 0 Å². The lowest BCUT2D eigenvalue weighted by Gasteiger charge is -2.22. The highest BCUT2D eigenvalue weighted by Crippen LogP contribution is 2.31. The second-order valence-corrected chi connectivity index (χ2v) is 5.34. The number of rotatable bonds is 1. The zero-order chi connectivity index (χ0) is 9.10. The van der Waals surface area contributed by atoms with Gasteiger partial charge in [0.25, 0.3) is 0 Å². The molecule has 1 nitrogen and oxygen atoms in total. The molecule has 0 aromatic heterocycles. The lowest BCUT2D eigenvalue weighted by Crippen LogP contribution is -2.28. The number of nitrogens with one attached hydrogen (secondary N) is 1. The van der Waals surface area contributed by atoms with Gasteiger partial charge in [-0.3, -0.25) is 0 Å². The van der Waals surface area contributed by atoms with Crippen molar-refractivity contribution in [3.63, 3.8) is 0 Å². The molecule has 0 spiro atoms. The summed E-state index contributed by atoms with van der Waals surface area (Å²) in [6.45, 7) is 2.25. The monoisotopic (exact) mass is 257 g/mol. The Balaban J connectivity index is 2.14. The van der Waals surface area contributed by atoms with E-state index in [4.69, 9.17) is 0 Å². The molecule has 0 bridgehead atoms. The highest BCUT2D eigenvalue weighted by atomic mass is 79.9. The van der Waals surface area contributed by atoms with E-state index in [1.165, 1.54) is 15.8 Å². The molecule has 1 fully saturated rings. The minimum atomic E-state index is 0.631. The predicted molar refractivity (Wildman–Crippen MR) is 62.2 cm³/mol. The fraction of sp³-hybridized carbons (Fsp3) is 0.400. The van der Waals surface area contributed by atoms with Gasteiger partial charge in [-0.25, -0.2) is 0 Å². The Kier molecular flexibility index (Phi) is 3.30. The van der Waals surface area contributed by atoms with Gasteiger partial charge in [-0.05, 0) is 17.7 Å². The molecule has 1 unspecified atom stereocenters. The zero-order valence-corrected chi connectivity index (χ0v) is 9.70. The first kappa shape index (κ1) is 9.56. The highest BCUT2D eigenvalue weighted by Gasteiger charge is 2.15. The van der Waals surface area contributed by atoms with Crippen LogP contribution in [0.1, 0.15) is 10.8 Å². The van der Waals surface area contributed by atoms with Crippen molar-refractivity contribution in [1.29, 1.82) is 0 Å². The van der Waals surface area contributed by atoms with Crippen LogP contribution in [0.4, 0.5) is 0 Å². The van der Waals surface area contributed by atoms with Crippen molar-refractivity contribution in [2.45, 2.75) is 5.25 Å². The van der Waals surface area contributed by atoms with Gasteiger partial charge in [-0.15, -0.1) is 0 Å². The third-order valence-corrected chi connectivity index (χ3v) is 3.92. The summed E-state index contributed by atoms with van der Waals surface area (Å²) in [5.41, 5.74) is 1.42. The van der Waals surface area contributed by atoms with E-state index < -0.39 is 0 Å². The smallest absolute Gasteiger partial charge is 0.0422 e. The first-order valence-electron chi connectivity index (χ1n) is 4.44. The second-order valence-electron chi connectivity index (χ2n) is 3.12. The quantitative estimate of drug-likeness (QED) is 0.831. The minimum Gasteiger partial charge on any atom is -0.314 e. The molecular formula is C10H12BrNS. The fourth-order valence-corrected chi connectivity index (χ4v) is 3.02. The van der Waals surface area contributed by atoms with Crippen LogP contribution in [-0.2, 0) is 0 Å². The Morgan fingerprint density at radius 2 is 2.38 bits per heavy atom. The molecule has 1 aliphatic rings. The Bertz CT molecular complexity index is 284. The van der Waals surface area contributed by atoms with E-state index >= 15 is 0 Å². The molecule has 1 saturated heterocycles. The Morgan fingerprint density at radius 3 is 3.08 bits per heavy atom. The van der Waals surface area contributed by atoms with E-state index in [9.17, 15) is 0 Å². The van der Waals surface area contributed by atoms with Crippen LogP contribution in [0.5, 0.6) is 0 Å². The molecule has 1 N–H and O–H groups in total. The van der Waals surface area contributed by atoms with Crippen molar-refractivity contribution in [1.82, 2.24) is 5.32 Å². The third-order valence-electron chi connectivity index (χ3n) is 2.15. The van der Waals surface area contributed by atoms with Crippen molar-refractivity contribution < 1.29 is 0 Å². The number of hydrogen-bond acceptors (Lipinski definition) is 2. The van der Waals surface area contributed by atoms with E-state index in [1.807, 2.05) is 11.8 Å². The van der Waals surface area contributed by atoms with E-state index in [0.717, 1.165) is 13.1 Å². The first-order chi connectivity index (χ1) is 6.36. The normalized spacial score (nSPS) is 23.0. The Labute approximate surface area is 91.4 Å². The SMILES string of the molecule is Brc1cccc(C2CNCCS2)c1. The summed E-state index contributed by atoms with van der Waals surface area (Å²) in [7, 11) is 0. The maximum atomic E-state index is 3.50. The molecule has 1 aromatic rings. The molecule has 1 aliphatic heterocycles. The second kappa shape index (κ2) is 4.49. The summed E-state index contributed by atoms with van der Waals surface area (Å²) in [6.07, 6.45) is 0. The summed E-state index contributed by atoms with van der Waals surface area (Å²) in [6, 6.07) is 8.60. The van der Waals surface area contributed by atoms with Gasteiger partial charge < -0.3 is 5.32 Å². The van der Waals surface area contributed by atoms with Crippen LogP contribution in [0.3, 0.4) is 0 Å². The molecule has 1 aromatic carbocycles. The van der Waals surface area contributed by atoms with Crippen LogP contribution in [0, 0.1) is 0 Å². The van der Waals surface area contributed by atoms with Crippen LogP contribution in [0.15, 0.2) is 28.7 Å². The van der Waals surface area contributed by atoms with E-state index in [1.54, 1.807) is 0 Å². The minimum absolute atomic E-state index is 0.631. The van der Waals surface area contributed by atoms with Gasteiger partial charge in [0.1, 0.15) is 0 Å². The van der Waals surface area contributed by atoms with Crippen LogP contribution in [0.25, 0.3) is 0 Å². The molecule has 1 heterocycles. The van der Waals surface area contributed by atoms with E-state index in [-0.39, 0.29) is 0 Å². The highest BCUT2D eigenvalue weighted by molar-refractivity contribution is 9.10. The first-order valence-corrected chi connectivity index (χ1v) is 6.28. The summed E-state index contributed by atoms with van der Waals surface area (Å²) in [5, 5.41) is 4.05. The van der Waals surface area contributed by atoms with Gasteiger partial charge in [0.15, 0.2) is 0 Å². The van der Waals surface area contributed by atoms with Crippen molar-refractivity contribution in [2.75, 3.05) is 18.8 Å². The molecule has 1 atom stereocenters. The van der Waals surface area contributed by atoms with Crippen molar-refractivity contribution in [2.24, 2.45) is 0 Å². The van der Waals surface area contributed by atoms with Crippen LogP contribution < -0.4 is 5.32 Å². The summed E-state index contributed by atoms with van der Waals surface area (Å²) in [5.74, 6) is 1.22. The molecular weight excluding hydrogens is 246 g/mol. The van der Waals surface area contributed by atoms with Gasteiger partial charge in [0, 0.05) is 28.6 Å². The van der Waals surface area contributed by atoms with Crippen molar-refractivity contribution >= 4 is 27.7 Å². The van der Waals surface area contributed by atoms with Crippen molar-refractivity contribution in [3.8, 4) is 0 Å². The van der Waals surface area contributed by atoms with Gasteiger partial charge in [0.05, 0.1) is 0 Å². The molecule has 3 heteroatoms. The number of thioether (sulfide) groups is 1. The third kappa shape index (κ3) is 2.48. The Morgan fingerprint density at radius 1 is 1.46 bits per heavy atom. The summed E-state index contributed by atoms with van der Waals surface area (Å²) >= 11 is 5.54. The number of benzene rings is 1. The summed E-state index contributed by atoms with van der Waals surface area (Å²) in [4.78, 5) is 0. The molecule has 70 valence electrons. The average molecular weight is 258 g/mol. The summed E-state index contributed by atoms with van der Waals surface area (Å²) < 4.78 is 1.18. The maximum Gasteiger partial charge on any atom is 0.0422 e. The molecule has 0 amide bonds. The predicted octanol–water partition coefficient (Wildman–Crippen LogP) is 2.83. The standard InChI is InChI=1S/C10H12BrNS/c11-9-3-1-2-8(6-9)10-7-12-4-5-13-10/h1-3,6,10,12H,4-5,7H2. The van der Waals surface area contributed by atoms with E-state index in [0.29, 0.717) is 5.25 Å².